The third-order valence-corrected chi connectivity index (χ3v) is 17.4. The lowest BCUT2D eigenvalue weighted by molar-refractivity contribution is -0.435. The summed E-state index contributed by atoms with van der Waals surface area (Å²) in [6.45, 7) is 1.47. The Morgan fingerprint density at radius 3 is 1.48 bits per heavy atom. The number of nitrogens with two attached hydrogens (primary N) is 1. The van der Waals surface area contributed by atoms with Crippen molar-refractivity contribution in [3.63, 3.8) is 0 Å². The molecule has 0 fully saturated rings. The first-order valence-corrected chi connectivity index (χ1v) is 31.2. The van der Waals surface area contributed by atoms with Gasteiger partial charge in [0, 0.05) is 48.9 Å². The molecule has 31 nitrogen and oxygen atoms in total. The summed E-state index contributed by atoms with van der Waals surface area (Å²) < 4.78 is 153. The van der Waals surface area contributed by atoms with Gasteiger partial charge in [0.2, 0.25) is 5.69 Å². The first-order chi connectivity index (χ1) is 41.1. The van der Waals surface area contributed by atoms with Crippen molar-refractivity contribution in [2.75, 3.05) is 5.73 Å². The lowest BCUT2D eigenvalue weighted by Gasteiger charge is -2.12. The fourth-order valence-electron chi connectivity index (χ4n) is 8.04. The highest BCUT2D eigenvalue weighted by Gasteiger charge is 2.24. The van der Waals surface area contributed by atoms with Crippen molar-refractivity contribution < 1.29 is 111 Å². The summed E-state index contributed by atoms with van der Waals surface area (Å²) in [5.41, 5.74) is 5.53. The summed E-state index contributed by atoms with van der Waals surface area (Å²) in [4.78, 5) is -2.40. The van der Waals surface area contributed by atoms with Gasteiger partial charge in [0.15, 0.2) is 11.5 Å². The van der Waals surface area contributed by atoms with Gasteiger partial charge in [0.25, 0.3) is 40.5 Å². The lowest BCUT2D eigenvalue weighted by Crippen LogP contribution is -2.02. The number of rotatable bonds is 23. The molecule has 11 N–H and O–H groups in total. The highest BCUT2D eigenvalue weighted by molar-refractivity contribution is 7.95. The summed E-state index contributed by atoms with van der Waals surface area (Å²) in [6, 6.07) is 22.7. The second-order valence-corrected chi connectivity index (χ2v) is 25.1. The minimum absolute atomic E-state index is 0.0108. The van der Waals surface area contributed by atoms with Crippen LogP contribution in [0.3, 0.4) is 0 Å². The minimum atomic E-state index is -5.04. The molecule has 8 aromatic rings. The number of nitrogens with zero attached hydrogens (tertiary/aromatic N) is 6. The molecule has 0 unspecified atom stereocenters. The maximum absolute atomic E-state index is 13.5. The summed E-state index contributed by atoms with van der Waals surface area (Å²) in [6.07, 6.45) is 5.13. The number of phenolic OH excluding ortho intramolecular Hbond substituents is 2. The molecule has 87 heavy (non-hydrogen) atoms. The van der Waals surface area contributed by atoms with E-state index in [1.165, 1.54) is 116 Å². The van der Waals surface area contributed by atoms with Gasteiger partial charge in [-0.3, -0.25) is 18.2 Å². The Hall–Kier alpha value is -7.91. The van der Waals surface area contributed by atoms with Crippen molar-refractivity contribution >= 4 is 162 Å². The van der Waals surface area contributed by atoms with E-state index in [0.717, 1.165) is 30.3 Å². The Morgan fingerprint density at radius 2 is 0.931 bits per heavy atom. The molecule has 0 aliphatic carbocycles. The quantitative estimate of drug-likeness (QED) is 0.00415. The molecule has 454 valence electrons. The number of phenols is 2. The van der Waals surface area contributed by atoms with Gasteiger partial charge in [-0.25, -0.2) is 15.8 Å². The topological polar surface area (TPSA) is 488 Å². The zero-order chi connectivity index (χ0) is 63.2. The van der Waals surface area contributed by atoms with E-state index in [2.05, 4.69) is 53.7 Å². The summed E-state index contributed by atoms with van der Waals surface area (Å²) in [5, 5.41) is 92.4. The molecule has 0 bridgehead atoms. The molecule has 8 rings (SSSR count). The van der Waals surface area contributed by atoms with E-state index in [-0.39, 0.29) is 109 Å². The fraction of sp³-hybridized carbons (Fsp3) is 0.0204. The number of hydrogen-bond acceptors (Lipinski definition) is 29. The molecule has 0 radical (unpaired) electrons. The molecule has 0 aliphatic rings. The first kappa shape index (κ1) is 65.1. The van der Waals surface area contributed by atoms with Gasteiger partial charge in [0.1, 0.15) is 36.6 Å². The average molecular weight is 1330 g/mol. The van der Waals surface area contributed by atoms with Gasteiger partial charge in [-0.05, 0) is 108 Å². The predicted molar refractivity (Wildman–Crippen MR) is 309 cm³/mol. The molecule has 0 saturated carbocycles. The van der Waals surface area contributed by atoms with Crippen molar-refractivity contribution in [2.24, 2.45) is 25.6 Å². The summed E-state index contributed by atoms with van der Waals surface area (Å²) in [5.74, 6) is -1.21. The van der Waals surface area contributed by atoms with E-state index in [4.69, 9.17) is 21.5 Å². The van der Waals surface area contributed by atoms with Crippen LogP contribution in [0.25, 0.3) is 45.8 Å². The van der Waals surface area contributed by atoms with E-state index in [1.54, 1.807) is 0 Å². The largest absolute Gasteiger partial charge is 0.594 e. The summed E-state index contributed by atoms with van der Waals surface area (Å²) >= 11 is 1.15. The number of fused-ring (bicyclic) bond motifs is 2. The fourth-order valence-corrected chi connectivity index (χ4v) is 12.5. The van der Waals surface area contributed by atoms with Gasteiger partial charge in [0.05, 0.1) is 57.8 Å². The molecule has 8 aromatic carbocycles. The second-order valence-electron chi connectivity index (χ2n) is 17.3. The molecule has 0 aromatic heterocycles. The Morgan fingerprint density at radius 1 is 0.483 bits per heavy atom. The minimum Gasteiger partial charge on any atom is -0.594 e. The number of hydrogen-bond donors (Lipinski definition) is 10. The van der Waals surface area contributed by atoms with Crippen LogP contribution in [-0.4, -0.2) is 82.7 Å². The van der Waals surface area contributed by atoms with Crippen molar-refractivity contribution in [3.05, 3.63) is 148 Å². The summed E-state index contributed by atoms with van der Waals surface area (Å²) in [7, 11) is -19.7. The van der Waals surface area contributed by atoms with Crippen LogP contribution in [0.5, 0.6) is 11.5 Å². The molecule has 0 atom stereocenters. The SMILES string of the molecule is Cc1cc(S(=O)(=O)O)c2ccc(N=Nc3ccc(/C=C/c4ccc(N=[N+]([O-])c5ccc(/C=C/c6ccc(N=Nc7ccc8c(S(=O)(=O)O)cc(SOOO)cc8c7O)cc6S(=O)(=O)O)c(SOOO)c5)cc4S(=O)(=O)O)c(SOOO)c3)c(O)c2c1N. The molecular weight excluding hydrogens is 1300 g/mol. The molecule has 38 heteroatoms. The van der Waals surface area contributed by atoms with Crippen LogP contribution in [-0.2, 0) is 68.6 Å². The third-order valence-electron chi connectivity index (χ3n) is 11.9. The Bertz CT molecular complexity index is 4690. The Kier molecular flexibility index (Phi) is 20.2. The standard InChI is InChI=1S/C49H37N7O24S7/c1-25-18-44(86(69,70)71)36-15-17-39(49(58)46(36)47(25)50)54-51-30-10-6-26(40(19-30)82-79-76-61)2-4-29-8-12-32(21-43(29)85(66,67)68)55-56(59)33-13-9-27(41(22-33)83-80-77-62)3-5-28-7-11-31(20-42(28)84(63,64)65)52-53-38-16-14-35-37(48(38)57)23-34(81-78-75-60)24-45(35)87(72,73)74/h2-24,57-58,60-62H,50H2,1H3,(H,63,64,65)(H,66,67,68)(H,69,70,71)(H,72,73,74)/b4-2+,5-3+,53-52?,54-51?,56-55?. The number of aromatic hydroxyl groups is 2. The molecule has 0 heterocycles. The van der Waals surface area contributed by atoms with Crippen LogP contribution >= 0.6 is 36.1 Å². The van der Waals surface area contributed by atoms with Crippen molar-refractivity contribution in [1.29, 1.82) is 0 Å². The third kappa shape index (κ3) is 15.6. The average Bonchev–Trinajstić information content (AvgIpc) is 0.914. The van der Waals surface area contributed by atoms with Crippen molar-refractivity contribution in [2.45, 2.75) is 41.2 Å². The highest BCUT2D eigenvalue weighted by atomic mass is 32.2. The zero-order valence-electron chi connectivity index (χ0n) is 43.0. The normalized spacial score (nSPS) is 13.0. The molecule has 0 amide bonds. The monoisotopic (exact) mass is 1330 g/mol. The van der Waals surface area contributed by atoms with Crippen LogP contribution in [0.2, 0.25) is 0 Å². The number of anilines is 1. The van der Waals surface area contributed by atoms with Crippen LogP contribution in [0.1, 0.15) is 27.8 Å². The van der Waals surface area contributed by atoms with E-state index in [9.17, 15) is 67.3 Å². The molecular formula is C49H37N7O24S7. The number of azo groups is 3. The van der Waals surface area contributed by atoms with Crippen LogP contribution < -0.4 is 5.73 Å². The number of nitrogen functional groups attached to an aromatic ring is 1. The second kappa shape index (κ2) is 27.0. The van der Waals surface area contributed by atoms with E-state index in [1.807, 2.05) is 0 Å². The van der Waals surface area contributed by atoms with Crippen molar-refractivity contribution in [3.8, 4) is 11.5 Å². The van der Waals surface area contributed by atoms with E-state index in [0.29, 0.717) is 36.1 Å². The van der Waals surface area contributed by atoms with Gasteiger partial charge < -0.3 is 21.2 Å². The van der Waals surface area contributed by atoms with Crippen LogP contribution in [0.4, 0.5) is 39.8 Å². The van der Waals surface area contributed by atoms with Crippen LogP contribution in [0.15, 0.2) is 175 Å². The lowest BCUT2D eigenvalue weighted by atomic mass is 10.0. The molecule has 0 saturated heterocycles. The number of aryl methyl sites for hydroxylation is 1. The smallest absolute Gasteiger partial charge is 0.295 e. The molecule has 0 spiro atoms. The molecule has 0 aliphatic heterocycles. The maximum atomic E-state index is 13.5. The Labute approximate surface area is 502 Å². The first-order valence-electron chi connectivity index (χ1n) is 23.2. The van der Waals surface area contributed by atoms with Gasteiger partial charge in [-0.2, -0.15) is 43.9 Å². The number of benzene rings is 8. The van der Waals surface area contributed by atoms with Crippen LogP contribution in [0, 0.1) is 12.1 Å². The van der Waals surface area contributed by atoms with Gasteiger partial charge in [-0.15, -0.1) is 23.2 Å². The van der Waals surface area contributed by atoms with E-state index >= 15 is 0 Å². The van der Waals surface area contributed by atoms with E-state index < -0.39 is 71.6 Å². The predicted octanol–water partition coefficient (Wildman–Crippen LogP) is 12.7. The Balaban J connectivity index is 1.03. The van der Waals surface area contributed by atoms with Gasteiger partial charge >= 0.3 is 0 Å². The zero-order valence-corrected chi connectivity index (χ0v) is 48.8. The van der Waals surface area contributed by atoms with Gasteiger partial charge in [-0.1, -0.05) is 74.6 Å². The highest BCUT2D eigenvalue weighted by Crippen LogP contribution is 2.44. The maximum Gasteiger partial charge on any atom is 0.295 e. The van der Waals surface area contributed by atoms with Crippen molar-refractivity contribution in [1.82, 2.24) is 0 Å².